The smallest absolute Gasteiger partial charge is 0.289 e. The average molecular weight is 370 g/mol. The summed E-state index contributed by atoms with van der Waals surface area (Å²) in [6.45, 7) is 1.71. The molecular formula is C22H18N4O2. The molecule has 0 bridgehead atoms. The van der Waals surface area contributed by atoms with E-state index in [2.05, 4.69) is 20.7 Å². The molecule has 0 unspecified atom stereocenters. The van der Waals surface area contributed by atoms with Crippen molar-refractivity contribution in [3.05, 3.63) is 84.1 Å². The van der Waals surface area contributed by atoms with Crippen LogP contribution in [0.4, 0.5) is 0 Å². The zero-order chi connectivity index (χ0) is 19.5. The van der Waals surface area contributed by atoms with Crippen molar-refractivity contribution < 1.29 is 9.90 Å². The molecule has 28 heavy (non-hydrogen) atoms. The van der Waals surface area contributed by atoms with Gasteiger partial charge in [0.15, 0.2) is 0 Å². The molecule has 1 aromatic heterocycles. The number of para-hydroxylation sites is 1. The molecular weight excluding hydrogens is 352 g/mol. The number of phenolic OH excluding ortho intramolecular Hbond substituents is 1. The molecule has 0 radical (unpaired) electrons. The fourth-order valence-electron chi connectivity index (χ4n) is 2.97. The van der Waals surface area contributed by atoms with Gasteiger partial charge in [-0.1, -0.05) is 48.5 Å². The normalized spacial score (nSPS) is 11.5. The lowest BCUT2D eigenvalue weighted by Crippen LogP contribution is -2.19. The van der Waals surface area contributed by atoms with E-state index < -0.39 is 5.91 Å². The number of carbonyl (C=O) groups excluding carboxylic acids is 1. The number of hydrazone groups is 1. The average Bonchev–Trinajstić information content (AvgIpc) is 3.22. The van der Waals surface area contributed by atoms with Gasteiger partial charge >= 0.3 is 0 Å². The van der Waals surface area contributed by atoms with Crippen molar-refractivity contribution in [2.45, 2.75) is 6.92 Å². The highest BCUT2D eigenvalue weighted by molar-refractivity contribution is 6.02. The van der Waals surface area contributed by atoms with Crippen LogP contribution >= 0.6 is 0 Å². The molecule has 0 aliphatic rings. The summed E-state index contributed by atoms with van der Waals surface area (Å²) in [6.07, 6.45) is 0. The molecule has 138 valence electrons. The Balaban J connectivity index is 1.52. The van der Waals surface area contributed by atoms with Crippen LogP contribution in [0.2, 0.25) is 0 Å². The number of carbonyl (C=O) groups is 1. The van der Waals surface area contributed by atoms with Crippen LogP contribution in [-0.4, -0.2) is 26.9 Å². The topological polar surface area (TPSA) is 90.4 Å². The zero-order valence-corrected chi connectivity index (χ0v) is 15.2. The van der Waals surface area contributed by atoms with Gasteiger partial charge in [-0.05, 0) is 42.0 Å². The quantitative estimate of drug-likeness (QED) is 0.373. The summed E-state index contributed by atoms with van der Waals surface area (Å²) in [6, 6.07) is 22.6. The zero-order valence-electron chi connectivity index (χ0n) is 15.2. The Labute approximate surface area is 161 Å². The number of H-pyrrole nitrogens is 1. The van der Waals surface area contributed by atoms with Gasteiger partial charge in [-0.2, -0.15) is 10.2 Å². The minimum atomic E-state index is -0.408. The van der Waals surface area contributed by atoms with E-state index in [4.69, 9.17) is 0 Å². The number of hydrogen-bond donors (Lipinski definition) is 3. The molecule has 1 heterocycles. The number of hydrogen-bond acceptors (Lipinski definition) is 4. The number of nitrogens with zero attached hydrogens (tertiary/aromatic N) is 2. The SMILES string of the molecule is CC(=NNC(=O)c1cc(-c2ccc3ccccc3c2)n[nH]1)c1ccccc1O. The van der Waals surface area contributed by atoms with Gasteiger partial charge in [-0.3, -0.25) is 9.89 Å². The Morgan fingerprint density at radius 3 is 2.57 bits per heavy atom. The van der Waals surface area contributed by atoms with Crippen molar-refractivity contribution in [3.63, 3.8) is 0 Å². The monoisotopic (exact) mass is 370 g/mol. The summed E-state index contributed by atoms with van der Waals surface area (Å²) in [5, 5.41) is 23.2. The van der Waals surface area contributed by atoms with Gasteiger partial charge < -0.3 is 5.11 Å². The first-order chi connectivity index (χ1) is 13.6. The summed E-state index contributed by atoms with van der Waals surface area (Å²) < 4.78 is 0. The number of amides is 1. The van der Waals surface area contributed by atoms with Crippen LogP contribution in [0.25, 0.3) is 22.0 Å². The maximum atomic E-state index is 12.4. The second kappa shape index (κ2) is 7.36. The molecule has 4 rings (SSSR count). The number of nitrogens with one attached hydrogen (secondary N) is 2. The second-order valence-corrected chi connectivity index (χ2v) is 6.38. The van der Waals surface area contributed by atoms with E-state index in [1.807, 2.05) is 42.5 Å². The number of aromatic amines is 1. The minimum absolute atomic E-state index is 0.109. The summed E-state index contributed by atoms with van der Waals surface area (Å²) in [5.74, 6) is -0.299. The molecule has 0 aliphatic carbocycles. The maximum absolute atomic E-state index is 12.4. The third-order valence-electron chi connectivity index (χ3n) is 4.49. The third kappa shape index (κ3) is 3.48. The lowest BCUT2D eigenvalue weighted by Gasteiger charge is -2.03. The van der Waals surface area contributed by atoms with Crippen molar-refractivity contribution in [1.29, 1.82) is 0 Å². The molecule has 0 spiro atoms. The lowest BCUT2D eigenvalue weighted by atomic mass is 10.1. The molecule has 0 saturated carbocycles. The molecule has 0 aliphatic heterocycles. The highest BCUT2D eigenvalue weighted by Gasteiger charge is 2.12. The first kappa shape index (κ1) is 17.5. The van der Waals surface area contributed by atoms with Crippen molar-refractivity contribution in [2.75, 3.05) is 0 Å². The number of rotatable bonds is 4. The summed E-state index contributed by atoms with van der Waals surface area (Å²) in [4.78, 5) is 12.4. The summed E-state index contributed by atoms with van der Waals surface area (Å²) in [7, 11) is 0. The van der Waals surface area contributed by atoms with Gasteiger partial charge in [0.1, 0.15) is 11.4 Å². The van der Waals surface area contributed by atoms with E-state index in [9.17, 15) is 9.90 Å². The number of fused-ring (bicyclic) bond motifs is 1. The maximum Gasteiger partial charge on any atom is 0.289 e. The Morgan fingerprint density at radius 2 is 1.75 bits per heavy atom. The van der Waals surface area contributed by atoms with Crippen LogP contribution in [0.15, 0.2) is 77.9 Å². The molecule has 6 heteroatoms. The number of aromatic nitrogens is 2. The molecule has 0 fully saturated rings. The highest BCUT2D eigenvalue weighted by Crippen LogP contribution is 2.23. The standard InChI is InChI=1S/C22H18N4O2/c1-14(18-8-4-5-9-21(18)27)23-26-22(28)20-13-19(24-25-20)17-11-10-15-6-2-3-7-16(15)12-17/h2-13,27H,1H3,(H,24,25)(H,26,28). The van der Waals surface area contributed by atoms with E-state index in [0.29, 0.717) is 22.7 Å². The number of aromatic hydroxyl groups is 1. The molecule has 4 aromatic rings. The van der Waals surface area contributed by atoms with Crippen molar-refractivity contribution >= 4 is 22.4 Å². The van der Waals surface area contributed by atoms with E-state index in [0.717, 1.165) is 16.3 Å². The van der Waals surface area contributed by atoms with Gasteiger partial charge in [0.25, 0.3) is 5.91 Å². The Hall–Kier alpha value is -3.93. The van der Waals surface area contributed by atoms with Gasteiger partial charge in [0, 0.05) is 11.1 Å². The van der Waals surface area contributed by atoms with Crippen molar-refractivity contribution in [1.82, 2.24) is 15.6 Å². The number of benzene rings is 3. The molecule has 0 atom stereocenters. The molecule has 1 amide bonds. The van der Waals surface area contributed by atoms with E-state index in [1.54, 1.807) is 37.3 Å². The summed E-state index contributed by atoms with van der Waals surface area (Å²) >= 11 is 0. The van der Waals surface area contributed by atoms with Crippen LogP contribution in [0, 0.1) is 0 Å². The van der Waals surface area contributed by atoms with E-state index in [1.165, 1.54) is 0 Å². The van der Waals surface area contributed by atoms with Gasteiger partial charge in [0.2, 0.25) is 0 Å². The molecule has 3 aromatic carbocycles. The third-order valence-corrected chi connectivity index (χ3v) is 4.49. The van der Waals surface area contributed by atoms with Crippen LogP contribution in [0.5, 0.6) is 5.75 Å². The first-order valence-corrected chi connectivity index (χ1v) is 8.79. The van der Waals surface area contributed by atoms with Crippen molar-refractivity contribution in [2.24, 2.45) is 5.10 Å². The first-order valence-electron chi connectivity index (χ1n) is 8.79. The Bertz CT molecular complexity index is 1190. The van der Waals surface area contributed by atoms with Crippen LogP contribution in [0.1, 0.15) is 23.0 Å². The van der Waals surface area contributed by atoms with Crippen LogP contribution in [-0.2, 0) is 0 Å². The van der Waals surface area contributed by atoms with Crippen LogP contribution in [0.3, 0.4) is 0 Å². The predicted octanol–water partition coefficient (Wildman–Crippen LogP) is 4.09. The Morgan fingerprint density at radius 1 is 1.00 bits per heavy atom. The van der Waals surface area contributed by atoms with Gasteiger partial charge in [-0.15, -0.1) is 0 Å². The van der Waals surface area contributed by atoms with Crippen LogP contribution < -0.4 is 5.43 Å². The molecule has 3 N–H and O–H groups in total. The lowest BCUT2D eigenvalue weighted by molar-refractivity contribution is 0.0950. The fraction of sp³-hybridized carbons (Fsp3) is 0.0455. The molecule has 6 nitrogen and oxygen atoms in total. The largest absolute Gasteiger partial charge is 0.507 e. The highest BCUT2D eigenvalue weighted by atomic mass is 16.3. The fourth-order valence-corrected chi connectivity index (χ4v) is 2.97. The minimum Gasteiger partial charge on any atom is -0.507 e. The summed E-state index contributed by atoms with van der Waals surface area (Å²) in [5.41, 5.74) is 5.45. The van der Waals surface area contributed by atoms with E-state index >= 15 is 0 Å². The van der Waals surface area contributed by atoms with Gasteiger partial charge in [0.05, 0.1) is 11.4 Å². The Kier molecular flexibility index (Phi) is 4.60. The predicted molar refractivity (Wildman–Crippen MR) is 109 cm³/mol. The van der Waals surface area contributed by atoms with Gasteiger partial charge in [-0.25, -0.2) is 5.43 Å². The van der Waals surface area contributed by atoms with E-state index in [-0.39, 0.29) is 5.75 Å². The molecule has 0 saturated heterocycles. The second-order valence-electron chi connectivity index (χ2n) is 6.38. The number of phenols is 1. The van der Waals surface area contributed by atoms with Crippen molar-refractivity contribution in [3.8, 4) is 17.0 Å².